The molecule has 0 spiro atoms. The molecule has 156 valence electrons. The predicted octanol–water partition coefficient (Wildman–Crippen LogP) is 3.96. The van der Waals surface area contributed by atoms with Crippen LogP contribution in [-0.4, -0.2) is 47.2 Å². The van der Waals surface area contributed by atoms with E-state index in [2.05, 4.69) is 9.97 Å². The highest BCUT2D eigenvalue weighted by molar-refractivity contribution is 5.67. The molecule has 1 aromatic carbocycles. The minimum absolute atomic E-state index is 0.0484. The molecule has 3 rings (SSSR count). The van der Waals surface area contributed by atoms with Crippen molar-refractivity contribution in [3.8, 4) is 11.3 Å². The van der Waals surface area contributed by atoms with E-state index in [0.717, 1.165) is 13.1 Å². The van der Waals surface area contributed by atoms with Crippen LogP contribution >= 0.6 is 0 Å². The Morgan fingerprint density at radius 1 is 1.17 bits per heavy atom. The zero-order valence-corrected chi connectivity index (χ0v) is 16.7. The number of aromatic nitrogens is 2. The van der Waals surface area contributed by atoms with Gasteiger partial charge in [-0.3, -0.25) is 9.78 Å². The van der Waals surface area contributed by atoms with Crippen LogP contribution in [0.1, 0.15) is 33.1 Å². The summed E-state index contributed by atoms with van der Waals surface area (Å²) in [4.78, 5) is 23.2. The summed E-state index contributed by atoms with van der Waals surface area (Å²) < 4.78 is 29.7. The molecule has 2 heterocycles. The van der Waals surface area contributed by atoms with E-state index in [4.69, 9.17) is 5.11 Å². The fourth-order valence-corrected chi connectivity index (χ4v) is 3.82. The second-order valence-corrected chi connectivity index (χ2v) is 7.25. The van der Waals surface area contributed by atoms with Crippen LogP contribution in [0.3, 0.4) is 0 Å². The maximum Gasteiger partial charge on any atom is 0.303 e. The van der Waals surface area contributed by atoms with Crippen LogP contribution in [0.4, 0.5) is 20.3 Å². The summed E-state index contributed by atoms with van der Waals surface area (Å²) in [6, 6.07) is 2.58. The highest BCUT2D eigenvalue weighted by Crippen LogP contribution is 2.32. The van der Waals surface area contributed by atoms with Crippen molar-refractivity contribution >= 4 is 17.5 Å². The van der Waals surface area contributed by atoms with Crippen molar-refractivity contribution in [2.24, 2.45) is 5.92 Å². The first-order valence-electron chi connectivity index (χ1n) is 9.96. The second-order valence-electron chi connectivity index (χ2n) is 7.25. The van der Waals surface area contributed by atoms with Gasteiger partial charge in [0.25, 0.3) is 0 Å². The minimum Gasteiger partial charge on any atom is -0.481 e. The lowest BCUT2D eigenvalue weighted by Gasteiger charge is -2.33. The van der Waals surface area contributed by atoms with Crippen LogP contribution in [0.2, 0.25) is 0 Å². The van der Waals surface area contributed by atoms with Gasteiger partial charge >= 0.3 is 5.97 Å². The maximum absolute atomic E-state index is 14.8. The molecule has 0 aliphatic carbocycles. The number of carboxylic acid groups (broad SMARTS) is 1. The fraction of sp³-hybridized carbons (Fsp3) is 0.476. The van der Waals surface area contributed by atoms with E-state index in [1.807, 2.05) is 18.7 Å². The summed E-state index contributed by atoms with van der Waals surface area (Å²) in [5.74, 6) is -1.41. The Hall–Kier alpha value is -2.77. The SMILES string of the molecule is CCN(CC)c1cncc(-c2cc(F)c(N3CCC(CC(=O)O)CC3)c(F)c2)n1. The molecule has 8 heteroatoms. The second kappa shape index (κ2) is 9.15. The van der Waals surface area contributed by atoms with Gasteiger partial charge in [0, 0.05) is 38.2 Å². The molecule has 0 radical (unpaired) electrons. The summed E-state index contributed by atoms with van der Waals surface area (Å²) in [5, 5.41) is 8.91. The first-order chi connectivity index (χ1) is 13.9. The number of anilines is 2. The Balaban J connectivity index is 1.82. The van der Waals surface area contributed by atoms with Gasteiger partial charge in [-0.2, -0.15) is 0 Å². The Bertz CT molecular complexity index is 843. The van der Waals surface area contributed by atoms with Gasteiger partial charge in [-0.05, 0) is 44.7 Å². The van der Waals surface area contributed by atoms with Gasteiger partial charge in [0.05, 0.1) is 18.1 Å². The van der Waals surface area contributed by atoms with Crippen molar-refractivity contribution in [1.82, 2.24) is 9.97 Å². The van der Waals surface area contributed by atoms with E-state index in [-0.39, 0.29) is 18.0 Å². The molecule has 1 fully saturated rings. The summed E-state index contributed by atoms with van der Waals surface area (Å²) in [6.45, 7) is 6.39. The lowest BCUT2D eigenvalue weighted by Crippen LogP contribution is -2.35. The lowest BCUT2D eigenvalue weighted by atomic mass is 9.93. The first-order valence-corrected chi connectivity index (χ1v) is 9.96. The van der Waals surface area contributed by atoms with Gasteiger partial charge in [-0.25, -0.2) is 13.8 Å². The number of rotatable bonds is 7. The molecule has 0 bridgehead atoms. The van der Waals surface area contributed by atoms with Crippen molar-refractivity contribution in [2.75, 3.05) is 36.0 Å². The number of carbonyl (C=O) groups is 1. The average Bonchev–Trinajstić information content (AvgIpc) is 2.69. The topological polar surface area (TPSA) is 69.6 Å². The van der Waals surface area contributed by atoms with Gasteiger partial charge in [0.2, 0.25) is 0 Å². The van der Waals surface area contributed by atoms with Crippen molar-refractivity contribution in [3.63, 3.8) is 0 Å². The molecule has 6 nitrogen and oxygen atoms in total. The van der Waals surface area contributed by atoms with Gasteiger partial charge in [0.1, 0.15) is 23.1 Å². The molecule has 2 aromatic rings. The van der Waals surface area contributed by atoms with Crippen molar-refractivity contribution in [2.45, 2.75) is 33.1 Å². The molecule has 1 aliphatic heterocycles. The summed E-state index contributed by atoms with van der Waals surface area (Å²) >= 11 is 0. The van der Waals surface area contributed by atoms with Crippen LogP contribution in [0.5, 0.6) is 0 Å². The average molecular weight is 404 g/mol. The first kappa shape index (κ1) is 21.0. The van der Waals surface area contributed by atoms with E-state index >= 15 is 0 Å². The van der Waals surface area contributed by atoms with Gasteiger partial charge in [0.15, 0.2) is 0 Å². The van der Waals surface area contributed by atoms with Gasteiger partial charge < -0.3 is 14.9 Å². The third-order valence-corrected chi connectivity index (χ3v) is 5.42. The standard InChI is InChI=1S/C21H26F2N4O2/c1-3-26(4-2)19-13-24-12-18(25-19)15-10-16(22)21(17(23)11-15)27-7-5-14(6-8-27)9-20(28)29/h10-14H,3-9H2,1-2H3,(H,28,29). The number of benzene rings is 1. The van der Waals surface area contributed by atoms with Crippen LogP contribution in [-0.2, 0) is 4.79 Å². The lowest BCUT2D eigenvalue weighted by molar-refractivity contribution is -0.138. The third kappa shape index (κ3) is 4.81. The van der Waals surface area contributed by atoms with E-state index in [1.165, 1.54) is 18.3 Å². The molecule has 1 saturated heterocycles. The predicted molar refractivity (Wildman–Crippen MR) is 108 cm³/mol. The normalized spacial score (nSPS) is 14.8. The number of halogens is 2. The van der Waals surface area contributed by atoms with Crippen LogP contribution < -0.4 is 9.80 Å². The van der Waals surface area contributed by atoms with Crippen LogP contribution in [0.15, 0.2) is 24.5 Å². The molecule has 1 aliphatic rings. The Labute approximate surface area is 169 Å². The molecule has 29 heavy (non-hydrogen) atoms. The van der Waals surface area contributed by atoms with Crippen molar-refractivity contribution in [1.29, 1.82) is 0 Å². The fourth-order valence-electron chi connectivity index (χ4n) is 3.82. The molecule has 0 atom stereocenters. The van der Waals surface area contributed by atoms with E-state index < -0.39 is 17.6 Å². The Morgan fingerprint density at radius 2 is 1.79 bits per heavy atom. The Kier molecular flexibility index (Phi) is 6.61. The Morgan fingerprint density at radius 3 is 2.34 bits per heavy atom. The largest absolute Gasteiger partial charge is 0.481 e. The number of piperidine rings is 1. The van der Waals surface area contributed by atoms with Crippen LogP contribution in [0.25, 0.3) is 11.3 Å². The molecular weight excluding hydrogens is 378 g/mol. The summed E-state index contributed by atoms with van der Waals surface area (Å²) in [7, 11) is 0. The number of carboxylic acids is 1. The molecular formula is C21H26F2N4O2. The minimum atomic E-state index is -0.835. The maximum atomic E-state index is 14.8. The molecule has 0 unspecified atom stereocenters. The summed E-state index contributed by atoms with van der Waals surface area (Å²) in [5.41, 5.74) is 0.695. The number of hydrogen-bond donors (Lipinski definition) is 1. The highest BCUT2D eigenvalue weighted by atomic mass is 19.1. The zero-order valence-electron chi connectivity index (χ0n) is 16.7. The quantitative estimate of drug-likeness (QED) is 0.753. The summed E-state index contributed by atoms with van der Waals surface area (Å²) in [6.07, 6.45) is 4.44. The molecule has 1 N–H and O–H groups in total. The zero-order chi connectivity index (χ0) is 21.0. The molecule has 0 saturated carbocycles. The molecule has 0 amide bonds. The number of aliphatic carboxylic acids is 1. The third-order valence-electron chi connectivity index (χ3n) is 5.42. The van der Waals surface area contributed by atoms with Crippen molar-refractivity contribution < 1.29 is 18.7 Å². The van der Waals surface area contributed by atoms with Crippen LogP contribution in [0, 0.1) is 17.6 Å². The van der Waals surface area contributed by atoms with Gasteiger partial charge in [-0.15, -0.1) is 0 Å². The highest BCUT2D eigenvalue weighted by Gasteiger charge is 2.26. The van der Waals surface area contributed by atoms with E-state index in [9.17, 15) is 13.6 Å². The van der Waals surface area contributed by atoms with E-state index in [1.54, 1.807) is 11.1 Å². The number of nitrogens with zero attached hydrogens (tertiary/aromatic N) is 4. The van der Waals surface area contributed by atoms with E-state index in [0.29, 0.717) is 43.0 Å². The monoisotopic (exact) mass is 404 g/mol. The molecule has 1 aromatic heterocycles. The van der Waals surface area contributed by atoms with Crippen molar-refractivity contribution in [3.05, 3.63) is 36.2 Å². The van der Waals surface area contributed by atoms with Gasteiger partial charge in [-0.1, -0.05) is 0 Å². The number of hydrogen-bond acceptors (Lipinski definition) is 5. The smallest absolute Gasteiger partial charge is 0.303 e.